The van der Waals surface area contributed by atoms with E-state index in [2.05, 4.69) is 10.3 Å². The molecule has 1 aromatic rings. The minimum absolute atomic E-state index is 0.0458. The van der Waals surface area contributed by atoms with Crippen molar-refractivity contribution in [3.63, 3.8) is 0 Å². The molecular weight excluding hydrogens is 303 g/mol. The van der Waals surface area contributed by atoms with E-state index in [4.69, 9.17) is 14.3 Å². The zero-order valence-corrected chi connectivity index (χ0v) is 12.7. The quantitative estimate of drug-likeness (QED) is 0.329. The van der Waals surface area contributed by atoms with E-state index in [0.717, 1.165) is 0 Å². The number of rotatable bonds is 9. The Morgan fingerprint density at radius 2 is 2.10 bits per heavy atom. The summed E-state index contributed by atoms with van der Waals surface area (Å²) < 4.78 is 23.6. The molecule has 0 saturated heterocycles. The number of nitrogens with zero attached hydrogens (tertiary/aromatic N) is 3. The highest BCUT2D eigenvalue weighted by Gasteiger charge is 2.28. The predicted octanol–water partition coefficient (Wildman–Crippen LogP) is 0.0241. The number of hydrogen-bond donors (Lipinski definition) is 3. The van der Waals surface area contributed by atoms with Crippen molar-refractivity contribution in [2.75, 3.05) is 19.4 Å². The maximum absolute atomic E-state index is 12.2. The van der Waals surface area contributed by atoms with Gasteiger partial charge in [0.05, 0.1) is 38.2 Å². The molecule has 1 heterocycles. The van der Waals surface area contributed by atoms with Crippen LogP contribution in [0.4, 0.5) is 0 Å². The number of carbonyl (C=O) groups excluding carboxylic acids is 1. The molecule has 0 aliphatic carbocycles. The van der Waals surface area contributed by atoms with Gasteiger partial charge in [0, 0.05) is 0 Å². The van der Waals surface area contributed by atoms with Gasteiger partial charge in [0.2, 0.25) is 0 Å². The Labute approximate surface area is 121 Å². The van der Waals surface area contributed by atoms with Gasteiger partial charge in [0.1, 0.15) is 0 Å². The molecule has 0 aliphatic heterocycles. The Morgan fingerprint density at radius 3 is 2.62 bits per heavy atom. The fourth-order valence-corrected chi connectivity index (χ4v) is 3.32. The minimum Gasteiger partial charge on any atom is -0.391 e. The molecular formula is C10H19N4O6P. The Kier molecular flexibility index (Phi) is 6.93. The number of aliphatic hydroxyl groups excluding tert-OH is 1. The molecule has 0 aromatic carbocycles. The lowest BCUT2D eigenvalue weighted by molar-refractivity contribution is 0.0700. The molecule has 0 saturated carbocycles. The summed E-state index contributed by atoms with van der Waals surface area (Å²) in [5, 5.41) is 25.5. The maximum atomic E-state index is 12.2. The number of hydroxylamine groups is 1. The van der Waals surface area contributed by atoms with Crippen molar-refractivity contribution in [3.05, 3.63) is 11.9 Å². The first-order valence-corrected chi connectivity index (χ1v) is 8.07. The van der Waals surface area contributed by atoms with E-state index >= 15 is 0 Å². The first-order valence-electron chi connectivity index (χ1n) is 6.34. The van der Waals surface area contributed by atoms with Gasteiger partial charge in [-0.05, 0) is 13.8 Å². The van der Waals surface area contributed by atoms with Crippen LogP contribution in [0, 0.1) is 0 Å². The molecule has 1 atom stereocenters. The van der Waals surface area contributed by atoms with Gasteiger partial charge in [-0.2, -0.15) is 0 Å². The van der Waals surface area contributed by atoms with Crippen molar-refractivity contribution in [2.24, 2.45) is 0 Å². The van der Waals surface area contributed by atoms with E-state index in [9.17, 15) is 14.5 Å². The average molecular weight is 322 g/mol. The van der Waals surface area contributed by atoms with Crippen molar-refractivity contribution < 1.29 is 28.7 Å². The fourth-order valence-electron chi connectivity index (χ4n) is 1.62. The Balaban J connectivity index is 2.63. The van der Waals surface area contributed by atoms with Crippen LogP contribution in [0.5, 0.6) is 0 Å². The van der Waals surface area contributed by atoms with Gasteiger partial charge in [-0.1, -0.05) is 5.21 Å². The predicted molar refractivity (Wildman–Crippen MR) is 71.0 cm³/mol. The lowest BCUT2D eigenvalue weighted by Gasteiger charge is -2.19. The average Bonchev–Trinajstić information content (AvgIpc) is 2.86. The lowest BCUT2D eigenvalue weighted by atomic mass is 10.4. The van der Waals surface area contributed by atoms with Crippen molar-refractivity contribution in [2.45, 2.75) is 26.5 Å². The number of carbonyl (C=O) groups is 1. The smallest absolute Gasteiger partial charge is 0.333 e. The van der Waals surface area contributed by atoms with Gasteiger partial charge < -0.3 is 14.2 Å². The number of amides is 1. The highest BCUT2D eigenvalue weighted by atomic mass is 31.2. The number of aliphatic hydroxyl groups is 1. The second kappa shape index (κ2) is 8.20. The number of aromatic nitrogens is 3. The molecule has 0 fully saturated rings. The summed E-state index contributed by atoms with van der Waals surface area (Å²) in [7, 11) is -3.36. The fraction of sp³-hybridized carbons (Fsp3) is 0.700. The van der Waals surface area contributed by atoms with Crippen molar-refractivity contribution in [3.8, 4) is 0 Å². The second-order valence-electron chi connectivity index (χ2n) is 4.05. The van der Waals surface area contributed by atoms with E-state index in [1.165, 1.54) is 16.4 Å². The van der Waals surface area contributed by atoms with Crippen LogP contribution in [0.3, 0.4) is 0 Å². The molecule has 1 amide bonds. The van der Waals surface area contributed by atoms with Crippen LogP contribution in [0.2, 0.25) is 0 Å². The van der Waals surface area contributed by atoms with Gasteiger partial charge in [0.15, 0.2) is 5.69 Å². The Bertz CT molecular complexity index is 497. The molecule has 1 aromatic heterocycles. The molecule has 3 N–H and O–H groups in total. The molecule has 11 heteroatoms. The molecule has 0 bridgehead atoms. The Hall–Kier alpha value is -1.32. The van der Waals surface area contributed by atoms with E-state index < -0.39 is 19.6 Å². The molecule has 1 rings (SSSR count). The minimum atomic E-state index is -3.36. The third-order valence-electron chi connectivity index (χ3n) is 2.36. The van der Waals surface area contributed by atoms with Gasteiger partial charge in [-0.15, -0.1) is 5.10 Å². The first-order chi connectivity index (χ1) is 9.94. The lowest BCUT2D eigenvalue weighted by Crippen LogP contribution is -2.22. The molecule has 1 unspecified atom stereocenters. The summed E-state index contributed by atoms with van der Waals surface area (Å²) in [6.45, 7) is 3.71. The van der Waals surface area contributed by atoms with E-state index in [0.29, 0.717) is 0 Å². The standard InChI is InChI=1S/C10H19N4O6P/c1-3-19-21(18,20-4-2)7-8(15)5-14-6-9(11-13-14)10(16)12-17/h6,8,15,17H,3-5,7H2,1-2H3,(H,12,16). The second-order valence-corrected chi connectivity index (χ2v) is 6.15. The molecule has 21 heavy (non-hydrogen) atoms. The highest BCUT2D eigenvalue weighted by molar-refractivity contribution is 7.53. The highest BCUT2D eigenvalue weighted by Crippen LogP contribution is 2.48. The van der Waals surface area contributed by atoms with Crippen LogP contribution in [-0.4, -0.2) is 56.7 Å². The molecule has 120 valence electrons. The zero-order chi connectivity index (χ0) is 15.9. The normalized spacial score (nSPS) is 13.1. The molecule has 0 aliphatic rings. The van der Waals surface area contributed by atoms with Crippen LogP contribution in [0.25, 0.3) is 0 Å². The third kappa shape index (κ3) is 5.52. The van der Waals surface area contributed by atoms with Crippen LogP contribution in [0.15, 0.2) is 6.20 Å². The summed E-state index contributed by atoms with van der Waals surface area (Å²) in [4.78, 5) is 11.1. The van der Waals surface area contributed by atoms with Crippen LogP contribution >= 0.6 is 7.60 Å². The zero-order valence-electron chi connectivity index (χ0n) is 11.8. The van der Waals surface area contributed by atoms with Gasteiger partial charge in [0.25, 0.3) is 5.91 Å². The SMILES string of the molecule is CCOP(=O)(CC(O)Cn1cc(C(=O)NO)nn1)OCC. The van der Waals surface area contributed by atoms with E-state index in [1.807, 2.05) is 0 Å². The van der Waals surface area contributed by atoms with Crippen LogP contribution in [-0.2, 0) is 20.2 Å². The van der Waals surface area contributed by atoms with Crippen molar-refractivity contribution in [1.29, 1.82) is 0 Å². The molecule has 10 nitrogen and oxygen atoms in total. The topological polar surface area (TPSA) is 136 Å². The maximum Gasteiger partial charge on any atom is 0.333 e. The molecule has 0 radical (unpaired) electrons. The van der Waals surface area contributed by atoms with E-state index in [1.54, 1.807) is 13.8 Å². The summed E-state index contributed by atoms with van der Waals surface area (Å²) in [6.07, 6.45) is -0.0161. The third-order valence-corrected chi connectivity index (χ3v) is 4.53. The summed E-state index contributed by atoms with van der Waals surface area (Å²) >= 11 is 0. The van der Waals surface area contributed by atoms with Gasteiger partial charge in [-0.3, -0.25) is 14.6 Å². The van der Waals surface area contributed by atoms with Crippen molar-refractivity contribution in [1.82, 2.24) is 20.5 Å². The van der Waals surface area contributed by atoms with Gasteiger partial charge >= 0.3 is 7.60 Å². The summed E-state index contributed by atoms with van der Waals surface area (Å²) in [5.41, 5.74) is 1.31. The largest absolute Gasteiger partial charge is 0.391 e. The monoisotopic (exact) mass is 322 g/mol. The Morgan fingerprint density at radius 1 is 1.48 bits per heavy atom. The number of hydrogen-bond acceptors (Lipinski definition) is 8. The molecule has 0 spiro atoms. The summed E-state index contributed by atoms with van der Waals surface area (Å²) in [6, 6.07) is 0. The number of nitrogens with one attached hydrogen (secondary N) is 1. The first kappa shape index (κ1) is 17.7. The van der Waals surface area contributed by atoms with Crippen LogP contribution in [0.1, 0.15) is 24.3 Å². The summed E-state index contributed by atoms with van der Waals surface area (Å²) in [5.74, 6) is -0.815. The van der Waals surface area contributed by atoms with Gasteiger partial charge in [-0.25, -0.2) is 10.2 Å². The van der Waals surface area contributed by atoms with Crippen LogP contribution < -0.4 is 5.48 Å². The van der Waals surface area contributed by atoms with E-state index in [-0.39, 0.29) is 31.6 Å². The van der Waals surface area contributed by atoms with Crippen molar-refractivity contribution >= 4 is 13.5 Å².